The number of hydrogen-bond acceptors (Lipinski definition) is 5. The first kappa shape index (κ1) is 22.2. The SMILES string of the molecule is COC[C@@]12CN(S(=O)(=O)c3ccnc(Cl)c3)CCC1=Cc1[nH]ncc1C2c1ccc(F)cc1. The van der Waals surface area contributed by atoms with Crippen molar-refractivity contribution >= 4 is 27.7 Å². The maximum absolute atomic E-state index is 13.7. The first-order valence-electron chi connectivity index (χ1n) is 10.5. The fourth-order valence-corrected chi connectivity index (χ4v) is 6.90. The fraction of sp³-hybridized carbons (Fsp3) is 0.304. The molecule has 172 valence electrons. The highest BCUT2D eigenvalue weighted by Gasteiger charge is 2.52. The number of benzene rings is 1. The molecule has 1 fully saturated rings. The van der Waals surface area contributed by atoms with E-state index < -0.39 is 15.4 Å². The van der Waals surface area contributed by atoms with E-state index in [4.69, 9.17) is 16.3 Å². The number of hydrogen-bond donors (Lipinski definition) is 1. The highest BCUT2D eigenvalue weighted by molar-refractivity contribution is 7.89. The van der Waals surface area contributed by atoms with Gasteiger partial charge in [0.25, 0.3) is 0 Å². The van der Waals surface area contributed by atoms with Crippen LogP contribution in [0.25, 0.3) is 6.08 Å². The molecule has 2 atom stereocenters. The van der Waals surface area contributed by atoms with Crippen LogP contribution in [-0.2, 0) is 14.8 Å². The summed E-state index contributed by atoms with van der Waals surface area (Å²) >= 11 is 5.97. The lowest BCUT2D eigenvalue weighted by Gasteiger charge is -2.50. The second-order valence-corrected chi connectivity index (χ2v) is 10.7. The number of sulfonamides is 1. The molecule has 0 spiro atoms. The lowest BCUT2D eigenvalue weighted by molar-refractivity contribution is 0.0614. The molecular formula is C23H22ClFN4O3S. The summed E-state index contributed by atoms with van der Waals surface area (Å²) in [5, 5.41) is 7.39. The predicted octanol–water partition coefficient (Wildman–Crippen LogP) is 3.85. The van der Waals surface area contributed by atoms with E-state index in [0.717, 1.165) is 22.4 Å². The Labute approximate surface area is 196 Å². The van der Waals surface area contributed by atoms with E-state index >= 15 is 0 Å². The molecule has 1 unspecified atom stereocenters. The number of aromatic nitrogens is 3. The third kappa shape index (κ3) is 3.69. The van der Waals surface area contributed by atoms with E-state index in [1.165, 1.54) is 34.8 Å². The molecule has 7 nitrogen and oxygen atoms in total. The number of halogens is 2. The maximum atomic E-state index is 13.7. The van der Waals surface area contributed by atoms with Gasteiger partial charge in [0.05, 0.1) is 23.4 Å². The van der Waals surface area contributed by atoms with Crippen LogP contribution in [-0.4, -0.2) is 54.7 Å². The van der Waals surface area contributed by atoms with Crippen molar-refractivity contribution in [2.45, 2.75) is 17.2 Å². The first-order valence-corrected chi connectivity index (χ1v) is 12.3. The molecule has 3 heterocycles. The molecule has 10 heteroatoms. The smallest absolute Gasteiger partial charge is 0.243 e. The highest BCUT2D eigenvalue weighted by atomic mass is 35.5. The molecule has 0 radical (unpaired) electrons. The van der Waals surface area contributed by atoms with Crippen molar-refractivity contribution in [2.75, 3.05) is 26.8 Å². The molecule has 0 saturated carbocycles. The molecule has 1 aliphatic heterocycles. The molecule has 33 heavy (non-hydrogen) atoms. The van der Waals surface area contributed by atoms with E-state index in [1.807, 2.05) is 0 Å². The van der Waals surface area contributed by atoms with E-state index in [2.05, 4.69) is 21.3 Å². The summed E-state index contributed by atoms with van der Waals surface area (Å²) in [5.74, 6) is -0.605. The van der Waals surface area contributed by atoms with Crippen molar-refractivity contribution in [1.82, 2.24) is 19.5 Å². The first-order chi connectivity index (χ1) is 15.8. The predicted molar refractivity (Wildman–Crippen MR) is 122 cm³/mol. The van der Waals surface area contributed by atoms with Gasteiger partial charge in [-0.05, 0) is 42.3 Å². The molecular weight excluding hydrogens is 467 g/mol. The van der Waals surface area contributed by atoms with Gasteiger partial charge in [-0.3, -0.25) is 5.10 Å². The van der Waals surface area contributed by atoms with Gasteiger partial charge in [-0.25, -0.2) is 17.8 Å². The molecule has 2 aliphatic rings. The van der Waals surface area contributed by atoms with Gasteiger partial charge in [-0.2, -0.15) is 9.40 Å². The van der Waals surface area contributed by atoms with Gasteiger partial charge in [0.1, 0.15) is 11.0 Å². The minimum absolute atomic E-state index is 0.0978. The maximum Gasteiger partial charge on any atom is 0.243 e. The van der Waals surface area contributed by atoms with Crippen molar-refractivity contribution in [3.63, 3.8) is 0 Å². The Balaban J connectivity index is 1.64. The number of nitrogens with zero attached hydrogens (tertiary/aromatic N) is 3. The van der Waals surface area contributed by atoms with Crippen molar-refractivity contribution in [2.24, 2.45) is 5.41 Å². The van der Waals surface area contributed by atoms with E-state index in [-0.39, 0.29) is 34.9 Å². The van der Waals surface area contributed by atoms with Gasteiger partial charge < -0.3 is 4.74 Å². The van der Waals surface area contributed by atoms with Crippen LogP contribution in [0.1, 0.15) is 29.2 Å². The number of piperidine rings is 1. The normalized spacial score (nSPS) is 23.0. The Morgan fingerprint density at radius 3 is 2.82 bits per heavy atom. The fourth-order valence-electron chi connectivity index (χ4n) is 5.14. The quantitative estimate of drug-likeness (QED) is 0.551. The number of H-pyrrole nitrogens is 1. The van der Waals surface area contributed by atoms with Crippen LogP contribution in [0.4, 0.5) is 4.39 Å². The Morgan fingerprint density at radius 2 is 2.09 bits per heavy atom. The number of methoxy groups -OCH3 is 1. The lowest BCUT2D eigenvalue weighted by Crippen LogP contribution is -2.53. The Kier molecular flexibility index (Phi) is 5.60. The van der Waals surface area contributed by atoms with Crippen molar-refractivity contribution < 1.29 is 17.5 Å². The standard InChI is InChI=1S/C23H22ClFN4O3S/c1-32-14-23-13-29(33(30,31)18-6-8-26-21(24)11-18)9-7-16(23)10-20-19(12-27-28-20)22(23)15-2-4-17(25)5-3-15/h2-6,8,10-12,22H,7,9,13-14H2,1H3,(H,27,28)/t22?,23-/m0/s1. The highest BCUT2D eigenvalue weighted by Crippen LogP contribution is 2.54. The average molecular weight is 489 g/mol. The third-order valence-electron chi connectivity index (χ3n) is 6.55. The van der Waals surface area contributed by atoms with Crippen LogP contribution < -0.4 is 0 Å². The molecule has 1 aromatic carbocycles. The lowest BCUT2D eigenvalue weighted by atomic mass is 9.60. The molecule has 0 amide bonds. The van der Waals surface area contributed by atoms with Crippen LogP contribution in [0.3, 0.4) is 0 Å². The molecule has 0 bridgehead atoms. The summed E-state index contributed by atoms with van der Waals surface area (Å²) < 4.78 is 48.0. The minimum Gasteiger partial charge on any atom is -0.384 e. The summed E-state index contributed by atoms with van der Waals surface area (Å²) in [6.07, 6.45) is 5.71. The average Bonchev–Trinajstić information content (AvgIpc) is 3.26. The topological polar surface area (TPSA) is 88.2 Å². The van der Waals surface area contributed by atoms with E-state index in [0.29, 0.717) is 13.0 Å². The van der Waals surface area contributed by atoms with Gasteiger partial charge in [-0.1, -0.05) is 29.3 Å². The molecule has 1 aliphatic carbocycles. The summed E-state index contributed by atoms with van der Waals surface area (Å²) in [6, 6.07) is 9.13. The second-order valence-electron chi connectivity index (χ2n) is 8.39. The second kappa shape index (κ2) is 8.32. The van der Waals surface area contributed by atoms with Crippen LogP contribution >= 0.6 is 11.6 Å². The molecule has 3 aromatic rings. The van der Waals surface area contributed by atoms with Gasteiger partial charge in [0.2, 0.25) is 10.0 Å². The number of pyridine rings is 1. The van der Waals surface area contributed by atoms with Crippen LogP contribution in [0, 0.1) is 11.2 Å². The summed E-state index contributed by atoms with van der Waals surface area (Å²) in [6.45, 7) is 0.801. The number of nitrogens with one attached hydrogen (secondary N) is 1. The minimum atomic E-state index is -3.83. The monoisotopic (exact) mass is 488 g/mol. The van der Waals surface area contributed by atoms with E-state index in [1.54, 1.807) is 25.4 Å². The summed E-state index contributed by atoms with van der Waals surface area (Å²) in [7, 11) is -2.22. The number of ether oxygens (including phenoxy) is 1. The third-order valence-corrected chi connectivity index (χ3v) is 8.60. The zero-order valence-corrected chi connectivity index (χ0v) is 19.4. The Hall–Kier alpha value is -2.59. The van der Waals surface area contributed by atoms with Crippen LogP contribution in [0.5, 0.6) is 0 Å². The number of fused-ring (bicyclic) bond motifs is 2. The Morgan fingerprint density at radius 1 is 1.30 bits per heavy atom. The van der Waals surface area contributed by atoms with Crippen LogP contribution in [0.2, 0.25) is 5.15 Å². The van der Waals surface area contributed by atoms with Crippen LogP contribution in [0.15, 0.2) is 59.3 Å². The Bertz CT molecular complexity index is 1330. The summed E-state index contributed by atoms with van der Waals surface area (Å²) in [5.41, 5.74) is 3.06. The molecule has 1 saturated heterocycles. The zero-order chi connectivity index (χ0) is 23.2. The van der Waals surface area contributed by atoms with E-state index in [9.17, 15) is 12.8 Å². The van der Waals surface area contributed by atoms with Crippen molar-refractivity contribution in [1.29, 1.82) is 0 Å². The van der Waals surface area contributed by atoms with Gasteiger partial charge in [-0.15, -0.1) is 0 Å². The zero-order valence-electron chi connectivity index (χ0n) is 17.8. The molecule has 5 rings (SSSR count). The van der Waals surface area contributed by atoms with Gasteiger partial charge in [0, 0.05) is 43.3 Å². The number of aromatic amines is 1. The molecule has 1 N–H and O–H groups in total. The van der Waals surface area contributed by atoms with Gasteiger partial charge in [0.15, 0.2) is 0 Å². The van der Waals surface area contributed by atoms with Crippen molar-refractivity contribution in [3.05, 3.63) is 82.2 Å². The molecule has 2 aromatic heterocycles. The van der Waals surface area contributed by atoms with Gasteiger partial charge >= 0.3 is 0 Å². The largest absolute Gasteiger partial charge is 0.384 e. The van der Waals surface area contributed by atoms with Crippen molar-refractivity contribution in [3.8, 4) is 0 Å². The summed E-state index contributed by atoms with van der Waals surface area (Å²) in [4.78, 5) is 4.00. The number of rotatable bonds is 5.